The van der Waals surface area contributed by atoms with Gasteiger partial charge in [0.2, 0.25) is 0 Å². The smallest absolute Gasteiger partial charge is 0.407 e. The summed E-state index contributed by atoms with van der Waals surface area (Å²) in [6.07, 6.45) is 2.27. The van der Waals surface area contributed by atoms with Gasteiger partial charge in [0.15, 0.2) is 0 Å². The maximum Gasteiger partial charge on any atom is 0.407 e. The molecule has 18 heavy (non-hydrogen) atoms. The number of unbranched alkanes of at least 4 members (excludes halogenated alkanes) is 1. The van der Waals surface area contributed by atoms with Crippen LogP contribution in [-0.2, 0) is 14.3 Å². The van der Waals surface area contributed by atoms with Gasteiger partial charge in [-0.3, -0.25) is 4.79 Å². The molecule has 0 rings (SSSR count). The van der Waals surface area contributed by atoms with Crippen molar-refractivity contribution in [2.75, 3.05) is 6.61 Å². The van der Waals surface area contributed by atoms with Gasteiger partial charge in [0.05, 0.1) is 6.04 Å². The molecule has 0 bridgehead atoms. The Labute approximate surface area is 109 Å². The lowest BCUT2D eigenvalue weighted by atomic mass is 10.1. The fourth-order valence-corrected chi connectivity index (χ4v) is 1.34. The molecule has 0 heterocycles. The van der Waals surface area contributed by atoms with Crippen LogP contribution in [0.15, 0.2) is 0 Å². The number of alkyl carbamates (subject to hydrolysis) is 1. The number of ether oxygens (including phenoxy) is 2. The van der Waals surface area contributed by atoms with Crippen LogP contribution in [0.25, 0.3) is 0 Å². The van der Waals surface area contributed by atoms with Crippen LogP contribution in [-0.4, -0.2) is 30.3 Å². The van der Waals surface area contributed by atoms with E-state index in [9.17, 15) is 9.59 Å². The summed E-state index contributed by atoms with van der Waals surface area (Å²) in [7, 11) is 0. The van der Waals surface area contributed by atoms with Crippen LogP contribution in [0.3, 0.4) is 0 Å². The summed E-state index contributed by atoms with van der Waals surface area (Å²) >= 11 is 0. The highest BCUT2D eigenvalue weighted by molar-refractivity contribution is 5.68. The monoisotopic (exact) mass is 259 g/mol. The van der Waals surface area contributed by atoms with Crippen LogP contribution in [0, 0.1) is 0 Å². The molecule has 106 valence electrons. The van der Waals surface area contributed by atoms with Gasteiger partial charge in [0, 0.05) is 6.92 Å². The normalized spacial score (nSPS) is 12.7. The van der Waals surface area contributed by atoms with Crippen molar-refractivity contribution in [1.82, 2.24) is 5.32 Å². The van der Waals surface area contributed by atoms with Gasteiger partial charge in [0.1, 0.15) is 12.2 Å². The second-order valence-corrected chi connectivity index (χ2v) is 5.29. The number of rotatable bonds is 6. The van der Waals surface area contributed by atoms with Crippen LogP contribution in [0.5, 0.6) is 0 Å². The molecule has 0 aromatic carbocycles. The van der Waals surface area contributed by atoms with Crippen molar-refractivity contribution >= 4 is 12.1 Å². The van der Waals surface area contributed by atoms with Gasteiger partial charge in [-0.15, -0.1) is 0 Å². The van der Waals surface area contributed by atoms with Gasteiger partial charge in [-0.25, -0.2) is 4.79 Å². The predicted octanol–water partition coefficient (Wildman–Crippen LogP) is 2.63. The molecule has 0 aliphatic heterocycles. The van der Waals surface area contributed by atoms with E-state index in [2.05, 4.69) is 12.2 Å². The Hall–Kier alpha value is -1.26. The van der Waals surface area contributed by atoms with Gasteiger partial charge in [-0.05, 0) is 27.2 Å². The third kappa shape index (κ3) is 9.93. The minimum absolute atomic E-state index is 0.189. The predicted molar refractivity (Wildman–Crippen MR) is 69.3 cm³/mol. The van der Waals surface area contributed by atoms with E-state index >= 15 is 0 Å². The molecule has 1 atom stereocenters. The standard InChI is InChI=1S/C13H25NO4/c1-6-7-8-11(9-17-10(2)15)14-12(16)18-13(3,4)5/h11H,6-9H2,1-5H3,(H,14,16). The molecular weight excluding hydrogens is 234 g/mol. The zero-order valence-electron chi connectivity index (χ0n) is 12.0. The first-order valence-corrected chi connectivity index (χ1v) is 6.37. The molecule has 1 unspecified atom stereocenters. The minimum atomic E-state index is -0.527. The zero-order chi connectivity index (χ0) is 14.2. The summed E-state index contributed by atoms with van der Waals surface area (Å²) in [4.78, 5) is 22.4. The van der Waals surface area contributed by atoms with Crippen molar-refractivity contribution in [3.63, 3.8) is 0 Å². The Kier molecular flexibility index (Phi) is 7.39. The second kappa shape index (κ2) is 7.95. The zero-order valence-corrected chi connectivity index (χ0v) is 12.0. The maximum atomic E-state index is 11.6. The fourth-order valence-electron chi connectivity index (χ4n) is 1.34. The Morgan fingerprint density at radius 1 is 1.28 bits per heavy atom. The summed E-state index contributed by atoms with van der Waals surface area (Å²) in [5.41, 5.74) is -0.527. The number of esters is 1. The molecule has 0 aromatic heterocycles. The molecule has 0 fully saturated rings. The third-order valence-corrected chi connectivity index (χ3v) is 2.11. The summed E-state index contributed by atoms with van der Waals surface area (Å²) in [5.74, 6) is -0.345. The average molecular weight is 259 g/mol. The largest absolute Gasteiger partial charge is 0.464 e. The molecular formula is C13H25NO4. The van der Waals surface area contributed by atoms with Crippen molar-refractivity contribution in [2.45, 2.75) is 65.5 Å². The van der Waals surface area contributed by atoms with Crippen molar-refractivity contribution in [3.05, 3.63) is 0 Å². The number of hydrogen-bond donors (Lipinski definition) is 1. The first-order chi connectivity index (χ1) is 8.24. The van der Waals surface area contributed by atoms with Gasteiger partial charge in [-0.1, -0.05) is 19.8 Å². The first-order valence-electron chi connectivity index (χ1n) is 6.37. The SMILES string of the molecule is CCCCC(COC(C)=O)NC(=O)OC(C)(C)C. The number of nitrogens with one attached hydrogen (secondary N) is 1. The van der Waals surface area contributed by atoms with E-state index < -0.39 is 11.7 Å². The Bertz CT molecular complexity index is 271. The Morgan fingerprint density at radius 2 is 1.89 bits per heavy atom. The highest BCUT2D eigenvalue weighted by Crippen LogP contribution is 2.08. The Morgan fingerprint density at radius 3 is 2.33 bits per heavy atom. The van der Waals surface area contributed by atoms with E-state index in [-0.39, 0.29) is 18.6 Å². The second-order valence-electron chi connectivity index (χ2n) is 5.29. The third-order valence-electron chi connectivity index (χ3n) is 2.11. The lowest BCUT2D eigenvalue weighted by Crippen LogP contribution is -2.41. The number of hydrogen-bond acceptors (Lipinski definition) is 4. The van der Waals surface area contributed by atoms with Gasteiger partial charge in [0.25, 0.3) is 0 Å². The van der Waals surface area contributed by atoms with Crippen LogP contribution in [0.1, 0.15) is 53.9 Å². The lowest BCUT2D eigenvalue weighted by Gasteiger charge is -2.23. The molecule has 0 aromatic rings. The molecule has 0 saturated heterocycles. The van der Waals surface area contributed by atoms with Crippen LogP contribution in [0.2, 0.25) is 0 Å². The van der Waals surface area contributed by atoms with Crippen LogP contribution in [0.4, 0.5) is 4.79 Å². The number of amides is 1. The van der Waals surface area contributed by atoms with E-state index in [1.807, 2.05) is 0 Å². The van der Waals surface area contributed by atoms with Crippen molar-refractivity contribution in [2.24, 2.45) is 0 Å². The van der Waals surface area contributed by atoms with Crippen molar-refractivity contribution < 1.29 is 19.1 Å². The molecule has 1 N–H and O–H groups in total. The van der Waals surface area contributed by atoms with Gasteiger partial charge >= 0.3 is 12.1 Å². The van der Waals surface area contributed by atoms with Gasteiger partial charge in [-0.2, -0.15) is 0 Å². The fraction of sp³-hybridized carbons (Fsp3) is 0.846. The average Bonchev–Trinajstić information content (AvgIpc) is 2.19. The lowest BCUT2D eigenvalue weighted by molar-refractivity contribution is -0.141. The quantitative estimate of drug-likeness (QED) is 0.745. The van der Waals surface area contributed by atoms with E-state index in [1.54, 1.807) is 20.8 Å². The number of carbonyl (C=O) groups is 2. The molecule has 0 saturated carbocycles. The van der Waals surface area contributed by atoms with Crippen LogP contribution >= 0.6 is 0 Å². The molecule has 5 heteroatoms. The summed E-state index contributed by atoms with van der Waals surface area (Å²) < 4.78 is 10.1. The summed E-state index contributed by atoms with van der Waals surface area (Å²) in [5, 5.41) is 2.73. The number of carbonyl (C=O) groups excluding carboxylic acids is 2. The summed E-state index contributed by atoms with van der Waals surface area (Å²) in [6, 6.07) is -0.191. The van der Waals surface area contributed by atoms with Crippen molar-refractivity contribution in [3.8, 4) is 0 Å². The molecule has 1 amide bonds. The maximum absolute atomic E-state index is 11.6. The first kappa shape index (κ1) is 16.7. The Balaban J connectivity index is 4.20. The van der Waals surface area contributed by atoms with E-state index in [1.165, 1.54) is 6.92 Å². The highest BCUT2D eigenvalue weighted by Gasteiger charge is 2.19. The molecule has 5 nitrogen and oxygen atoms in total. The highest BCUT2D eigenvalue weighted by atomic mass is 16.6. The van der Waals surface area contributed by atoms with Gasteiger partial charge < -0.3 is 14.8 Å². The molecule has 0 aliphatic carbocycles. The van der Waals surface area contributed by atoms with Crippen LogP contribution < -0.4 is 5.32 Å². The molecule has 0 radical (unpaired) electrons. The molecule has 0 aliphatic rings. The summed E-state index contributed by atoms with van der Waals surface area (Å²) in [6.45, 7) is 9.02. The van der Waals surface area contributed by atoms with E-state index in [4.69, 9.17) is 9.47 Å². The minimum Gasteiger partial charge on any atom is -0.464 e. The van der Waals surface area contributed by atoms with Crippen molar-refractivity contribution in [1.29, 1.82) is 0 Å². The topological polar surface area (TPSA) is 64.6 Å². The molecule has 0 spiro atoms. The van der Waals surface area contributed by atoms with E-state index in [0.717, 1.165) is 19.3 Å². The van der Waals surface area contributed by atoms with E-state index in [0.29, 0.717) is 0 Å².